The lowest BCUT2D eigenvalue weighted by atomic mass is 10.3. The topological polar surface area (TPSA) is 41.6 Å². The summed E-state index contributed by atoms with van der Waals surface area (Å²) < 4.78 is 0. The fourth-order valence-electron chi connectivity index (χ4n) is 0.548. The molecule has 1 heterocycles. The fraction of sp³-hybridized carbons (Fsp3) is 0.400. The number of rotatable bonds is 2. The Bertz CT molecular complexity index is 209. The molecule has 3 nitrogen and oxygen atoms in total. The number of hydrogen-bond donors (Lipinski definition) is 1. The van der Waals surface area contributed by atoms with Gasteiger partial charge in [0.05, 0.1) is 0 Å². The van der Waals surface area contributed by atoms with Crippen molar-refractivity contribution in [2.45, 2.75) is 27.7 Å². The van der Waals surface area contributed by atoms with Crippen molar-refractivity contribution in [3.63, 3.8) is 0 Å². The standard InChI is InChI=1S/C6H7N3.2C2H6.H2/c1-3-5-6(4-2)8-9-7-5;2*1-2;/h3-4H,1-2H2,(H,7,8,9);2*1-2H3;1H. The van der Waals surface area contributed by atoms with Crippen LogP contribution in [-0.2, 0) is 0 Å². The van der Waals surface area contributed by atoms with Gasteiger partial charge < -0.3 is 0 Å². The summed E-state index contributed by atoms with van der Waals surface area (Å²) in [5, 5.41) is 10.0. The van der Waals surface area contributed by atoms with Crippen LogP contribution in [0.5, 0.6) is 0 Å². The number of aromatic nitrogens is 3. The zero-order valence-corrected chi connectivity index (χ0v) is 8.96. The quantitative estimate of drug-likeness (QED) is 0.763. The Morgan fingerprint density at radius 1 is 1.00 bits per heavy atom. The first kappa shape index (κ1) is 14.2. The Morgan fingerprint density at radius 3 is 1.54 bits per heavy atom. The van der Waals surface area contributed by atoms with Gasteiger partial charge in [0.25, 0.3) is 0 Å². The molecule has 0 aliphatic heterocycles. The molecule has 1 rings (SSSR count). The maximum atomic E-state index is 3.78. The molecule has 0 amide bonds. The second kappa shape index (κ2) is 10.6. The van der Waals surface area contributed by atoms with Crippen molar-refractivity contribution >= 4 is 12.2 Å². The molecule has 0 saturated heterocycles. The van der Waals surface area contributed by atoms with Gasteiger partial charge >= 0.3 is 0 Å². The molecular formula is C10H21N3. The van der Waals surface area contributed by atoms with Gasteiger partial charge in [-0.15, -0.1) is 0 Å². The van der Waals surface area contributed by atoms with Crippen LogP contribution in [-0.4, -0.2) is 15.4 Å². The molecule has 0 aliphatic carbocycles. The van der Waals surface area contributed by atoms with E-state index in [1.807, 2.05) is 27.7 Å². The van der Waals surface area contributed by atoms with Gasteiger partial charge in [-0.3, -0.25) is 0 Å². The van der Waals surface area contributed by atoms with E-state index in [0.29, 0.717) is 0 Å². The molecule has 0 radical (unpaired) electrons. The van der Waals surface area contributed by atoms with E-state index in [-0.39, 0.29) is 1.43 Å². The smallest absolute Gasteiger partial charge is 0.112 e. The van der Waals surface area contributed by atoms with Crippen molar-refractivity contribution < 1.29 is 1.43 Å². The third kappa shape index (κ3) is 4.95. The predicted octanol–water partition coefficient (Wildman–Crippen LogP) is 3.39. The second-order valence-electron chi connectivity index (χ2n) is 1.50. The Labute approximate surface area is 82.1 Å². The summed E-state index contributed by atoms with van der Waals surface area (Å²) in [5.74, 6) is 0. The van der Waals surface area contributed by atoms with E-state index in [1.54, 1.807) is 12.2 Å². The van der Waals surface area contributed by atoms with E-state index in [4.69, 9.17) is 0 Å². The Hall–Kier alpha value is -1.38. The SMILES string of the molecule is C=Cc1n[nH]nc1C=C.CC.CC.[HH]. The Morgan fingerprint density at radius 2 is 1.31 bits per heavy atom. The van der Waals surface area contributed by atoms with Crippen LogP contribution >= 0.6 is 0 Å². The second-order valence-corrected chi connectivity index (χ2v) is 1.50. The van der Waals surface area contributed by atoms with Crippen molar-refractivity contribution in [2.24, 2.45) is 0 Å². The lowest BCUT2D eigenvalue weighted by molar-refractivity contribution is 0.935. The highest BCUT2D eigenvalue weighted by Crippen LogP contribution is 2.01. The average molecular weight is 183 g/mol. The average Bonchev–Trinajstić information content (AvgIpc) is 2.70. The van der Waals surface area contributed by atoms with Crippen molar-refractivity contribution in [2.75, 3.05) is 0 Å². The van der Waals surface area contributed by atoms with Crippen LogP contribution < -0.4 is 0 Å². The van der Waals surface area contributed by atoms with E-state index in [9.17, 15) is 0 Å². The van der Waals surface area contributed by atoms with Crippen LogP contribution in [0.1, 0.15) is 40.5 Å². The molecule has 0 fully saturated rings. The molecule has 0 saturated carbocycles. The highest BCUT2D eigenvalue weighted by molar-refractivity contribution is 5.55. The maximum absolute atomic E-state index is 3.78. The van der Waals surface area contributed by atoms with Gasteiger partial charge in [0.2, 0.25) is 0 Å². The van der Waals surface area contributed by atoms with Crippen molar-refractivity contribution in [1.82, 2.24) is 15.4 Å². The van der Waals surface area contributed by atoms with Crippen molar-refractivity contribution in [3.8, 4) is 0 Å². The Kier molecular flexibility index (Phi) is 11.6. The van der Waals surface area contributed by atoms with Crippen LogP contribution in [0, 0.1) is 0 Å². The summed E-state index contributed by atoms with van der Waals surface area (Å²) in [6.07, 6.45) is 3.25. The summed E-state index contributed by atoms with van der Waals surface area (Å²) >= 11 is 0. The number of hydrogen-bond acceptors (Lipinski definition) is 2. The van der Waals surface area contributed by atoms with E-state index in [1.165, 1.54) is 0 Å². The minimum Gasteiger partial charge on any atom is -0.197 e. The van der Waals surface area contributed by atoms with Gasteiger partial charge in [-0.05, 0) is 12.2 Å². The first-order chi connectivity index (χ1) is 6.38. The molecule has 0 spiro atoms. The van der Waals surface area contributed by atoms with Crippen LogP contribution in [0.25, 0.3) is 12.2 Å². The van der Waals surface area contributed by atoms with Crippen LogP contribution in [0.4, 0.5) is 0 Å². The highest BCUT2D eigenvalue weighted by Gasteiger charge is 1.95. The molecule has 13 heavy (non-hydrogen) atoms. The third-order valence-corrected chi connectivity index (χ3v) is 0.990. The van der Waals surface area contributed by atoms with Gasteiger partial charge in [0, 0.05) is 1.43 Å². The lowest BCUT2D eigenvalue weighted by Gasteiger charge is -1.79. The maximum Gasteiger partial charge on any atom is 0.112 e. The summed E-state index contributed by atoms with van der Waals surface area (Å²) in [6, 6.07) is 0. The minimum absolute atomic E-state index is 0. The predicted molar refractivity (Wildman–Crippen MR) is 61.4 cm³/mol. The first-order valence-electron chi connectivity index (χ1n) is 4.54. The molecule has 1 aromatic heterocycles. The lowest BCUT2D eigenvalue weighted by Crippen LogP contribution is -1.73. The van der Waals surface area contributed by atoms with Gasteiger partial charge in [-0.25, -0.2) is 0 Å². The molecular weight excluding hydrogens is 162 g/mol. The van der Waals surface area contributed by atoms with Crippen molar-refractivity contribution in [3.05, 3.63) is 24.5 Å². The molecule has 0 bridgehead atoms. The number of aromatic amines is 1. The van der Waals surface area contributed by atoms with Crippen LogP contribution in [0.2, 0.25) is 0 Å². The molecule has 0 atom stereocenters. The summed E-state index contributed by atoms with van der Waals surface area (Å²) in [6.45, 7) is 15.1. The molecule has 0 unspecified atom stereocenters. The van der Waals surface area contributed by atoms with E-state index in [2.05, 4.69) is 28.6 Å². The van der Waals surface area contributed by atoms with E-state index < -0.39 is 0 Å². The highest BCUT2D eigenvalue weighted by atomic mass is 15.3. The zero-order valence-electron chi connectivity index (χ0n) is 8.96. The third-order valence-electron chi connectivity index (χ3n) is 0.990. The number of nitrogens with zero attached hydrogens (tertiary/aromatic N) is 2. The van der Waals surface area contributed by atoms with Gasteiger partial charge in [0.1, 0.15) is 11.4 Å². The Balaban J connectivity index is -0.000000216. The fourth-order valence-corrected chi connectivity index (χ4v) is 0.548. The molecule has 3 heteroatoms. The molecule has 0 aromatic carbocycles. The normalized spacial score (nSPS) is 7.08. The molecule has 76 valence electrons. The van der Waals surface area contributed by atoms with Gasteiger partial charge in [-0.1, -0.05) is 40.9 Å². The summed E-state index contributed by atoms with van der Waals surface area (Å²) in [5.41, 5.74) is 1.48. The van der Waals surface area contributed by atoms with E-state index in [0.717, 1.165) is 11.4 Å². The summed E-state index contributed by atoms with van der Waals surface area (Å²) in [4.78, 5) is 0. The molecule has 0 aliphatic rings. The van der Waals surface area contributed by atoms with Crippen LogP contribution in [0.3, 0.4) is 0 Å². The van der Waals surface area contributed by atoms with E-state index >= 15 is 0 Å². The number of H-pyrrole nitrogens is 1. The summed E-state index contributed by atoms with van der Waals surface area (Å²) in [7, 11) is 0. The van der Waals surface area contributed by atoms with Crippen LogP contribution in [0.15, 0.2) is 13.2 Å². The zero-order chi connectivity index (χ0) is 10.7. The number of nitrogens with one attached hydrogen (secondary N) is 1. The monoisotopic (exact) mass is 183 g/mol. The van der Waals surface area contributed by atoms with Gasteiger partial charge in [-0.2, -0.15) is 15.4 Å². The van der Waals surface area contributed by atoms with Crippen molar-refractivity contribution in [1.29, 1.82) is 0 Å². The molecule has 1 aromatic rings. The minimum atomic E-state index is 0. The molecule has 1 N–H and O–H groups in total. The largest absolute Gasteiger partial charge is 0.197 e. The first-order valence-corrected chi connectivity index (χ1v) is 4.54. The van der Waals surface area contributed by atoms with Gasteiger partial charge in [0.15, 0.2) is 0 Å².